The summed E-state index contributed by atoms with van der Waals surface area (Å²) in [6, 6.07) is 7.61. The summed E-state index contributed by atoms with van der Waals surface area (Å²) in [5.41, 5.74) is -0.0443. The molecule has 0 aliphatic rings. The van der Waals surface area contributed by atoms with E-state index in [-0.39, 0.29) is 5.60 Å². The number of halogens is 1. The topological polar surface area (TPSA) is 9.23 Å². The normalized spacial score (nSPS) is 11.5. The van der Waals surface area contributed by atoms with E-state index in [0.717, 1.165) is 36.5 Å². The molecule has 0 spiro atoms. The van der Waals surface area contributed by atoms with Crippen LogP contribution < -0.4 is 4.74 Å². The number of hydrogen-bond donors (Lipinski definition) is 0. The van der Waals surface area contributed by atoms with E-state index in [1.165, 1.54) is 0 Å². The second-order valence-corrected chi connectivity index (χ2v) is 4.94. The second-order valence-electron chi connectivity index (χ2n) is 4.51. The van der Waals surface area contributed by atoms with E-state index in [1.54, 1.807) is 0 Å². The SMILES string of the molecule is CCCC(C)(CCC)Oc1ccc(Cl)cc1. The maximum atomic E-state index is 6.08. The van der Waals surface area contributed by atoms with Crippen molar-refractivity contribution in [2.45, 2.75) is 52.1 Å². The molecular formula is C14H21ClO. The maximum Gasteiger partial charge on any atom is 0.120 e. The largest absolute Gasteiger partial charge is 0.488 e. The number of hydrogen-bond acceptors (Lipinski definition) is 1. The summed E-state index contributed by atoms with van der Waals surface area (Å²) >= 11 is 5.85. The third kappa shape index (κ3) is 4.05. The first kappa shape index (κ1) is 13.4. The molecule has 0 amide bonds. The molecule has 1 aromatic rings. The summed E-state index contributed by atoms with van der Waals surface area (Å²) in [5.74, 6) is 0.911. The lowest BCUT2D eigenvalue weighted by atomic mass is 9.94. The third-order valence-corrected chi connectivity index (χ3v) is 2.99. The molecule has 16 heavy (non-hydrogen) atoms. The lowest BCUT2D eigenvalue weighted by Gasteiger charge is -2.30. The van der Waals surface area contributed by atoms with E-state index in [0.29, 0.717) is 0 Å². The van der Waals surface area contributed by atoms with Gasteiger partial charge >= 0.3 is 0 Å². The van der Waals surface area contributed by atoms with Crippen LogP contribution in [0.4, 0.5) is 0 Å². The number of benzene rings is 1. The van der Waals surface area contributed by atoms with Crippen molar-refractivity contribution in [3.8, 4) is 5.75 Å². The highest BCUT2D eigenvalue weighted by Crippen LogP contribution is 2.27. The van der Waals surface area contributed by atoms with Crippen molar-refractivity contribution in [1.29, 1.82) is 0 Å². The Morgan fingerprint density at radius 1 is 1.06 bits per heavy atom. The first-order valence-electron chi connectivity index (χ1n) is 6.04. The van der Waals surface area contributed by atoms with Gasteiger partial charge in [0.05, 0.1) is 0 Å². The highest BCUT2D eigenvalue weighted by atomic mass is 35.5. The smallest absolute Gasteiger partial charge is 0.120 e. The molecule has 0 fully saturated rings. The molecule has 1 nitrogen and oxygen atoms in total. The molecule has 2 heteroatoms. The fourth-order valence-electron chi connectivity index (χ4n) is 2.07. The fraction of sp³-hybridized carbons (Fsp3) is 0.571. The minimum absolute atomic E-state index is 0.0443. The molecule has 0 heterocycles. The lowest BCUT2D eigenvalue weighted by Crippen LogP contribution is -2.31. The molecule has 0 atom stereocenters. The predicted molar refractivity (Wildman–Crippen MR) is 70.3 cm³/mol. The molecular weight excluding hydrogens is 220 g/mol. The Morgan fingerprint density at radius 2 is 1.56 bits per heavy atom. The average Bonchev–Trinajstić information content (AvgIpc) is 2.22. The molecule has 0 saturated heterocycles. The molecule has 0 N–H and O–H groups in total. The Hall–Kier alpha value is -0.690. The molecule has 1 rings (SSSR count). The summed E-state index contributed by atoms with van der Waals surface area (Å²) in [6.07, 6.45) is 4.46. The van der Waals surface area contributed by atoms with E-state index in [1.807, 2.05) is 24.3 Å². The Bertz CT molecular complexity index is 299. The van der Waals surface area contributed by atoms with Gasteiger partial charge in [0.15, 0.2) is 0 Å². The highest BCUT2D eigenvalue weighted by molar-refractivity contribution is 6.30. The molecule has 0 aliphatic heterocycles. The molecule has 1 aromatic carbocycles. The van der Waals surface area contributed by atoms with Crippen LogP contribution in [0.1, 0.15) is 46.5 Å². The minimum atomic E-state index is -0.0443. The van der Waals surface area contributed by atoms with E-state index in [9.17, 15) is 0 Å². The van der Waals surface area contributed by atoms with Gasteiger partial charge in [-0.25, -0.2) is 0 Å². The molecule has 0 bridgehead atoms. The Balaban J connectivity index is 2.70. The minimum Gasteiger partial charge on any atom is -0.488 e. The zero-order chi connectivity index (χ0) is 12.0. The van der Waals surface area contributed by atoms with Gasteiger partial charge in [-0.05, 0) is 44.0 Å². The van der Waals surface area contributed by atoms with Crippen LogP contribution in [0.5, 0.6) is 5.75 Å². The quantitative estimate of drug-likeness (QED) is 0.674. The van der Waals surface area contributed by atoms with Crippen molar-refractivity contribution in [1.82, 2.24) is 0 Å². The summed E-state index contributed by atoms with van der Waals surface area (Å²) in [5, 5.41) is 0.750. The molecule has 0 saturated carbocycles. The van der Waals surface area contributed by atoms with Crippen LogP contribution in [-0.2, 0) is 0 Å². The van der Waals surface area contributed by atoms with Crippen LogP contribution in [0.15, 0.2) is 24.3 Å². The summed E-state index contributed by atoms with van der Waals surface area (Å²) < 4.78 is 6.08. The van der Waals surface area contributed by atoms with Crippen LogP contribution in [0.2, 0.25) is 5.02 Å². The average molecular weight is 241 g/mol. The van der Waals surface area contributed by atoms with Gasteiger partial charge in [0, 0.05) is 5.02 Å². The van der Waals surface area contributed by atoms with Crippen molar-refractivity contribution >= 4 is 11.6 Å². The van der Waals surface area contributed by atoms with Gasteiger partial charge in [0.25, 0.3) is 0 Å². The van der Waals surface area contributed by atoms with E-state index >= 15 is 0 Å². The van der Waals surface area contributed by atoms with Crippen LogP contribution in [-0.4, -0.2) is 5.60 Å². The second kappa shape index (κ2) is 6.15. The number of rotatable bonds is 6. The summed E-state index contributed by atoms with van der Waals surface area (Å²) in [6.45, 7) is 6.58. The maximum absolute atomic E-state index is 6.08. The van der Waals surface area contributed by atoms with Crippen molar-refractivity contribution in [3.63, 3.8) is 0 Å². The molecule has 0 aliphatic carbocycles. The van der Waals surface area contributed by atoms with Gasteiger partial charge in [-0.1, -0.05) is 38.3 Å². The van der Waals surface area contributed by atoms with Crippen molar-refractivity contribution < 1.29 is 4.74 Å². The zero-order valence-corrected chi connectivity index (χ0v) is 11.2. The lowest BCUT2D eigenvalue weighted by molar-refractivity contribution is 0.0681. The Labute approximate surface area is 104 Å². The van der Waals surface area contributed by atoms with Gasteiger partial charge in [-0.15, -0.1) is 0 Å². The van der Waals surface area contributed by atoms with Crippen LogP contribution in [0.3, 0.4) is 0 Å². The third-order valence-electron chi connectivity index (χ3n) is 2.74. The van der Waals surface area contributed by atoms with Gasteiger partial charge in [0.1, 0.15) is 11.4 Å². The predicted octanol–water partition coefficient (Wildman–Crippen LogP) is 5.08. The van der Waals surface area contributed by atoms with Crippen molar-refractivity contribution in [3.05, 3.63) is 29.3 Å². The highest BCUT2D eigenvalue weighted by Gasteiger charge is 2.24. The van der Waals surface area contributed by atoms with Gasteiger partial charge in [-0.2, -0.15) is 0 Å². The van der Waals surface area contributed by atoms with Crippen LogP contribution in [0.25, 0.3) is 0 Å². The van der Waals surface area contributed by atoms with Crippen LogP contribution >= 0.6 is 11.6 Å². The van der Waals surface area contributed by atoms with Gasteiger partial charge in [-0.3, -0.25) is 0 Å². The Morgan fingerprint density at radius 3 is 2.00 bits per heavy atom. The summed E-state index contributed by atoms with van der Waals surface area (Å²) in [4.78, 5) is 0. The first-order valence-corrected chi connectivity index (χ1v) is 6.42. The summed E-state index contributed by atoms with van der Waals surface area (Å²) in [7, 11) is 0. The van der Waals surface area contributed by atoms with Gasteiger partial charge < -0.3 is 4.74 Å². The Kier molecular flexibility index (Phi) is 5.14. The van der Waals surface area contributed by atoms with E-state index in [4.69, 9.17) is 16.3 Å². The molecule has 0 aromatic heterocycles. The first-order chi connectivity index (χ1) is 7.59. The molecule has 0 radical (unpaired) electrons. The van der Waals surface area contributed by atoms with Crippen molar-refractivity contribution in [2.24, 2.45) is 0 Å². The standard InChI is InChI=1S/C14H21ClO/c1-4-10-14(3,11-5-2)16-13-8-6-12(15)7-9-13/h6-9H,4-5,10-11H2,1-3H3. The molecule has 0 unspecified atom stereocenters. The van der Waals surface area contributed by atoms with Crippen LogP contribution in [0, 0.1) is 0 Å². The van der Waals surface area contributed by atoms with E-state index < -0.39 is 0 Å². The molecule has 90 valence electrons. The van der Waals surface area contributed by atoms with E-state index in [2.05, 4.69) is 20.8 Å². The fourth-order valence-corrected chi connectivity index (χ4v) is 2.20. The monoisotopic (exact) mass is 240 g/mol. The number of ether oxygens (including phenoxy) is 1. The van der Waals surface area contributed by atoms with Crippen molar-refractivity contribution in [2.75, 3.05) is 0 Å². The van der Waals surface area contributed by atoms with Gasteiger partial charge in [0.2, 0.25) is 0 Å². The zero-order valence-electron chi connectivity index (χ0n) is 10.4.